The monoisotopic (exact) mass is 307 g/mol. The molecule has 1 atom stereocenters. The summed E-state index contributed by atoms with van der Waals surface area (Å²) in [5.74, 6) is -2.06. The maximum absolute atomic E-state index is 11.7. The fourth-order valence-electron chi connectivity index (χ4n) is 1.15. The van der Waals surface area contributed by atoms with Crippen LogP contribution in [0.25, 0.3) is 0 Å². The molecule has 0 aliphatic rings. The summed E-state index contributed by atoms with van der Waals surface area (Å²) in [6.45, 7) is -0.524. The molecule has 0 spiro atoms. The number of hydrogen-bond donors (Lipinski definition) is 2. The number of carboxylic acids is 1. The molecular formula is C9H16F3NO5S. The summed E-state index contributed by atoms with van der Waals surface area (Å²) in [5, 5.41) is 8.74. The maximum Gasteiger partial charge on any atom is 0.411 e. The average molecular weight is 307 g/mol. The topological polar surface area (TPSA) is 92.7 Å². The van der Waals surface area contributed by atoms with Crippen molar-refractivity contribution < 1.29 is 36.2 Å². The molecule has 0 amide bonds. The highest BCUT2D eigenvalue weighted by molar-refractivity contribution is 7.89. The van der Waals surface area contributed by atoms with Gasteiger partial charge in [-0.15, -0.1) is 0 Å². The van der Waals surface area contributed by atoms with Gasteiger partial charge in [0.1, 0.15) is 12.6 Å². The van der Waals surface area contributed by atoms with Crippen molar-refractivity contribution in [3.8, 4) is 0 Å². The molecule has 0 aliphatic carbocycles. The number of carboxylic acid groups (broad SMARTS) is 1. The lowest BCUT2D eigenvalue weighted by Crippen LogP contribution is -2.42. The number of alkyl halides is 3. The van der Waals surface area contributed by atoms with Gasteiger partial charge in [-0.3, -0.25) is 4.79 Å². The van der Waals surface area contributed by atoms with E-state index in [0.717, 1.165) is 0 Å². The van der Waals surface area contributed by atoms with Crippen LogP contribution in [0.4, 0.5) is 13.2 Å². The number of nitrogens with one attached hydrogen (secondary N) is 1. The number of rotatable bonds is 9. The van der Waals surface area contributed by atoms with E-state index in [1.165, 1.54) is 0 Å². The van der Waals surface area contributed by atoms with Crippen molar-refractivity contribution >= 4 is 16.0 Å². The molecule has 0 aliphatic heterocycles. The van der Waals surface area contributed by atoms with Crippen molar-refractivity contribution in [3.05, 3.63) is 0 Å². The summed E-state index contributed by atoms with van der Waals surface area (Å²) in [4.78, 5) is 10.7. The van der Waals surface area contributed by atoms with E-state index >= 15 is 0 Å². The first-order valence-corrected chi connectivity index (χ1v) is 7.10. The molecule has 0 fully saturated rings. The zero-order valence-corrected chi connectivity index (χ0v) is 11.1. The van der Waals surface area contributed by atoms with Crippen molar-refractivity contribution in [1.29, 1.82) is 0 Å². The van der Waals surface area contributed by atoms with Gasteiger partial charge in [0, 0.05) is 0 Å². The lowest BCUT2D eigenvalue weighted by molar-refractivity contribution is -0.172. The number of hydrogen-bond acceptors (Lipinski definition) is 4. The van der Waals surface area contributed by atoms with Crippen LogP contribution in [0.15, 0.2) is 0 Å². The van der Waals surface area contributed by atoms with Gasteiger partial charge in [0.25, 0.3) is 0 Å². The molecule has 0 rings (SSSR count). The fourth-order valence-corrected chi connectivity index (χ4v) is 2.26. The maximum atomic E-state index is 11.7. The van der Waals surface area contributed by atoms with Crippen molar-refractivity contribution in [1.82, 2.24) is 4.72 Å². The van der Waals surface area contributed by atoms with E-state index in [0.29, 0.717) is 6.42 Å². The van der Waals surface area contributed by atoms with Gasteiger partial charge >= 0.3 is 12.1 Å². The molecule has 0 bridgehead atoms. The molecule has 6 nitrogen and oxygen atoms in total. The predicted octanol–water partition coefficient (Wildman–Crippen LogP) is 0.738. The summed E-state index contributed by atoms with van der Waals surface area (Å²) in [6.07, 6.45) is -3.98. The van der Waals surface area contributed by atoms with Crippen molar-refractivity contribution in [3.63, 3.8) is 0 Å². The summed E-state index contributed by atoms with van der Waals surface area (Å²) in [6, 6.07) is -1.28. The Hall–Kier alpha value is -0.870. The van der Waals surface area contributed by atoms with Gasteiger partial charge in [0.2, 0.25) is 10.0 Å². The molecule has 0 radical (unpaired) electrons. The Labute approximate surface area is 109 Å². The number of sulfonamides is 1. The third kappa shape index (κ3) is 9.68. The van der Waals surface area contributed by atoms with Gasteiger partial charge in [-0.2, -0.15) is 13.2 Å². The Balaban J connectivity index is 4.20. The highest BCUT2D eigenvalue weighted by atomic mass is 32.2. The van der Waals surface area contributed by atoms with Gasteiger partial charge in [0.05, 0.1) is 12.4 Å². The van der Waals surface area contributed by atoms with Crippen LogP contribution >= 0.6 is 0 Å². The number of carbonyl (C=O) groups is 1. The summed E-state index contributed by atoms with van der Waals surface area (Å²) >= 11 is 0. The predicted molar refractivity (Wildman–Crippen MR) is 60.1 cm³/mol. The molecule has 0 heterocycles. The Morgan fingerprint density at radius 3 is 2.42 bits per heavy atom. The second-order valence-electron chi connectivity index (χ2n) is 3.78. The Morgan fingerprint density at radius 1 is 1.42 bits per heavy atom. The van der Waals surface area contributed by atoms with Crippen LogP contribution in [0.5, 0.6) is 0 Å². The lowest BCUT2D eigenvalue weighted by atomic mass is 10.2. The third-order valence-electron chi connectivity index (χ3n) is 1.96. The molecule has 0 aromatic heterocycles. The second-order valence-corrected chi connectivity index (χ2v) is 5.66. The Kier molecular flexibility index (Phi) is 7.30. The molecule has 0 saturated carbocycles. The first-order chi connectivity index (χ1) is 8.57. The Morgan fingerprint density at radius 2 is 2.00 bits per heavy atom. The van der Waals surface area contributed by atoms with E-state index in [4.69, 9.17) is 5.11 Å². The lowest BCUT2D eigenvalue weighted by Gasteiger charge is -2.14. The Bertz CT molecular complexity index is 382. The van der Waals surface area contributed by atoms with E-state index in [-0.39, 0.29) is 6.42 Å². The zero-order chi connectivity index (χ0) is 15.1. The highest BCUT2D eigenvalue weighted by Gasteiger charge is 2.28. The summed E-state index contributed by atoms with van der Waals surface area (Å²) < 4.78 is 64.0. The van der Waals surface area contributed by atoms with Crippen molar-refractivity contribution in [2.24, 2.45) is 0 Å². The number of halogens is 3. The largest absolute Gasteiger partial charge is 0.480 e. The van der Waals surface area contributed by atoms with E-state index in [9.17, 15) is 26.4 Å². The summed E-state index contributed by atoms with van der Waals surface area (Å²) in [5.41, 5.74) is 0. The van der Waals surface area contributed by atoms with Gasteiger partial charge in [-0.1, -0.05) is 13.3 Å². The second kappa shape index (κ2) is 7.65. The van der Waals surface area contributed by atoms with Crippen LogP contribution in [-0.4, -0.2) is 50.7 Å². The van der Waals surface area contributed by atoms with E-state index < -0.39 is 47.2 Å². The van der Waals surface area contributed by atoms with Crippen LogP contribution in [-0.2, 0) is 19.6 Å². The zero-order valence-electron chi connectivity index (χ0n) is 10.2. The number of aliphatic carboxylic acids is 1. The molecule has 0 aromatic carbocycles. The van der Waals surface area contributed by atoms with Crippen LogP contribution < -0.4 is 4.72 Å². The smallest absolute Gasteiger partial charge is 0.411 e. The minimum Gasteiger partial charge on any atom is -0.480 e. The standard InChI is InChI=1S/C9H16F3NO5S/c1-2-3-7(8(14)15)13-19(16,17)5-4-18-6-9(10,11)12/h7,13H,2-6H2,1H3,(H,14,15). The van der Waals surface area contributed by atoms with E-state index in [1.54, 1.807) is 6.92 Å². The highest BCUT2D eigenvalue weighted by Crippen LogP contribution is 2.14. The summed E-state index contributed by atoms with van der Waals surface area (Å²) in [7, 11) is -3.99. The van der Waals surface area contributed by atoms with Crippen LogP contribution in [0.2, 0.25) is 0 Å². The fraction of sp³-hybridized carbons (Fsp3) is 0.889. The van der Waals surface area contributed by atoms with Gasteiger partial charge in [-0.05, 0) is 6.42 Å². The van der Waals surface area contributed by atoms with E-state index in [1.807, 2.05) is 4.72 Å². The van der Waals surface area contributed by atoms with Crippen molar-refractivity contribution in [2.75, 3.05) is 19.0 Å². The molecular weight excluding hydrogens is 291 g/mol. The molecule has 114 valence electrons. The first-order valence-electron chi connectivity index (χ1n) is 5.44. The molecule has 10 heteroatoms. The normalized spacial score (nSPS) is 14.3. The quantitative estimate of drug-likeness (QED) is 0.613. The van der Waals surface area contributed by atoms with Gasteiger partial charge in [0.15, 0.2) is 0 Å². The minimum absolute atomic E-state index is 0.0952. The number of ether oxygens (including phenoxy) is 1. The van der Waals surface area contributed by atoms with Crippen molar-refractivity contribution in [2.45, 2.75) is 32.0 Å². The first kappa shape index (κ1) is 18.1. The SMILES string of the molecule is CCCC(NS(=O)(=O)CCOCC(F)(F)F)C(=O)O. The molecule has 0 aromatic rings. The molecule has 2 N–H and O–H groups in total. The van der Waals surface area contributed by atoms with Gasteiger partial charge < -0.3 is 9.84 Å². The van der Waals surface area contributed by atoms with E-state index in [2.05, 4.69) is 4.74 Å². The van der Waals surface area contributed by atoms with Gasteiger partial charge in [-0.25, -0.2) is 13.1 Å². The average Bonchev–Trinajstić information content (AvgIpc) is 2.22. The minimum atomic E-state index is -4.52. The third-order valence-corrected chi connectivity index (χ3v) is 3.31. The van der Waals surface area contributed by atoms with Crippen LogP contribution in [0, 0.1) is 0 Å². The molecule has 19 heavy (non-hydrogen) atoms. The van der Waals surface area contributed by atoms with Crippen LogP contribution in [0.1, 0.15) is 19.8 Å². The molecule has 0 saturated heterocycles. The van der Waals surface area contributed by atoms with Crippen LogP contribution in [0.3, 0.4) is 0 Å². The molecule has 1 unspecified atom stereocenters.